The summed E-state index contributed by atoms with van der Waals surface area (Å²) in [5.41, 5.74) is 0.303. The van der Waals surface area contributed by atoms with E-state index >= 15 is 0 Å². The van der Waals surface area contributed by atoms with Gasteiger partial charge >= 0.3 is 0 Å². The lowest BCUT2D eigenvalue weighted by Gasteiger charge is -2.21. The van der Waals surface area contributed by atoms with Crippen LogP contribution in [0.5, 0.6) is 0 Å². The summed E-state index contributed by atoms with van der Waals surface area (Å²) in [6.45, 7) is 5.78. The number of carbonyl (C=O) groups excluding carboxylic acids is 1. The smallest absolute Gasteiger partial charge is 0.137 e. The lowest BCUT2D eigenvalue weighted by molar-refractivity contribution is 0.536. The normalized spacial score (nSPS) is 11.0. The summed E-state index contributed by atoms with van der Waals surface area (Å²) in [6, 6.07) is 0. The second kappa shape index (κ2) is 3.54. The van der Waals surface area contributed by atoms with Crippen molar-refractivity contribution in [3.8, 4) is 0 Å². The van der Waals surface area contributed by atoms with Crippen LogP contribution in [-0.2, 0) is 10.2 Å². The van der Waals surface area contributed by atoms with Crippen LogP contribution in [0.15, 0.2) is 11.9 Å². The number of nitrogens with one attached hydrogen (secondary N) is 1. The van der Waals surface area contributed by atoms with Gasteiger partial charge in [0.05, 0.1) is 5.41 Å². The van der Waals surface area contributed by atoms with E-state index in [9.17, 15) is 4.79 Å². The van der Waals surface area contributed by atoms with E-state index in [4.69, 9.17) is 0 Å². The fourth-order valence-corrected chi connectivity index (χ4v) is 1.29. The van der Waals surface area contributed by atoms with Crippen LogP contribution >= 0.6 is 0 Å². The average Bonchev–Trinajstić information content (AvgIpc) is 2.58. The maximum atomic E-state index is 10.7. The Labute approximate surface area is 77.1 Å². The molecule has 0 saturated heterocycles. The van der Waals surface area contributed by atoms with E-state index in [-0.39, 0.29) is 0 Å². The van der Waals surface area contributed by atoms with E-state index in [1.165, 1.54) is 6.33 Å². The van der Waals surface area contributed by atoms with Crippen molar-refractivity contribution < 1.29 is 4.79 Å². The summed E-state index contributed by atoms with van der Waals surface area (Å²) < 4.78 is 0. The maximum Gasteiger partial charge on any atom is 0.137 e. The van der Waals surface area contributed by atoms with Crippen molar-refractivity contribution in [1.82, 2.24) is 15.2 Å². The summed E-state index contributed by atoms with van der Waals surface area (Å²) in [4.78, 5) is 14.7. The van der Waals surface area contributed by atoms with Crippen molar-refractivity contribution >= 4 is 5.94 Å². The van der Waals surface area contributed by atoms with Gasteiger partial charge in [0, 0.05) is 5.57 Å². The van der Waals surface area contributed by atoms with Crippen LogP contribution < -0.4 is 0 Å². The molecular weight excluding hydrogens is 166 g/mol. The number of allylic oxidation sites excluding steroid dienone is 1. The van der Waals surface area contributed by atoms with E-state index in [1.807, 2.05) is 26.7 Å². The summed E-state index contributed by atoms with van der Waals surface area (Å²) in [5, 5.41) is 6.53. The Hall–Kier alpha value is -1.41. The van der Waals surface area contributed by atoms with Crippen molar-refractivity contribution in [2.45, 2.75) is 32.6 Å². The molecule has 1 heterocycles. The highest BCUT2D eigenvalue weighted by atomic mass is 16.1. The van der Waals surface area contributed by atoms with E-state index in [0.717, 1.165) is 0 Å². The minimum absolute atomic E-state index is 0.396. The van der Waals surface area contributed by atoms with Gasteiger partial charge in [0.25, 0.3) is 0 Å². The first-order chi connectivity index (χ1) is 6.12. The number of nitrogens with zero attached hydrogens (tertiary/aromatic N) is 2. The predicted octanol–water partition coefficient (Wildman–Crippen LogP) is 1.25. The van der Waals surface area contributed by atoms with Gasteiger partial charge in [-0.3, -0.25) is 5.10 Å². The molecule has 4 nitrogen and oxygen atoms in total. The van der Waals surface area contributed by atoms with Gasteiger partial charge in [0.15, 0.2) is 0 Å². The van der Waals surface area contributed by atoms with Crippen LogP contribution in [0.3, 0.4) is 0 Å². The fourth-order valence-electron chi connectivity index (χ4n) is 1.29. The molecule has 0 saturated carbocycles. The van der Waals surface area contributed by atoms with E-state index < -0.39 is 5.41 Å². The number of rotatable bonds is 3. The quantitative estimate of drug-likeness (QED) is 0.710. The van der Waals surface area contributed by atoms with Gasteiger partial charge < -0.3 is 0 Å². The van der Waals surface area contributed by atoms with Gasteiger partial charge in [-0.1, -0.05) is 6.92 Å². The zero-order valence-corrected chi connectivity index (χ0v) is 8.09. The number of H-pyrrole nitrogens is 1. The van der Waals surface area contributed by atoms with Gasteiger partial charge in [-0.2, -0.15) is 5.10 Å². The minimum Gasteiger partial charge on any atom is -0.263 e. The van der Waals surface area contributed by atoms with E-state index in [1.54, 1.807) is 0 Å². The second-order valence-corrected chi connectivity index (χ2v) is 3.39. The molecule has 0 aliphatic rings. The highest BCUT2D eigenvalue weighted by Gasteiger charge is 2.28. The van der Waals surface area contributed by atoms with Crippen molar-refractivity contribution in [3.05, 3.63) is 17.7 Å². The molecule has 0 fully saturated rings. The molecule has 0 radical (unpaired) electrons. The monoisotopic (exact) mass is 179 g/mol. The minimum atomic E-state index is -0.396. The Balaban J connectivity index is 3.08. The Morgan fingerprint density at radius 2 is 2.38 bits per heavy atom. The molecule has 0 aromatic carbocycles. The van der Waals surface area contributed by atoms with Crippen LogP contribution in [0.4, 0.5) is 0 Å². The lowest BCUT2D eigenvalue weighted by Crippen LogP contribution is -2.22. The van der Waals surface area contributed by atoms with Crippen molar-refractivity contribution in [3.63, 3.8) is 0 Å². The van der Waals surface area contributed by atoms with Crippen LogP contribution in [0.1, 0.15) is 33.0 Å². The molecule has 1 rings (SSSR count). The van der Waals surface area contributed by atoms with Crippen molar-refractivity contribution in [2.75, 3.05) is 0 Å². The number of aromatic amines is 1. The molecule has 4 heteroatoms. The largest absolute Gasteiger partial charge is 0.263 e. The number of aromatic nitrogens is 3. The van der Waals surface area contributed by atoms with Crippen molar-refractivity contribution in [1.29, 1.82) is 0 Å². The van der Waals surface area contributed by atoms with Gasteiger partial charge in [0.1, 0.15) is 18.1 Å². The summed E-state index contributed by atoms with van der Waals surface area (Å²) in [6.07, 6.45) is 2.12. The first-order valence-corrected chi connectivity index (χ1v) is 4.23. The van der Waals surface area contributed by atoms with Gasteiger partial charge in [-0.05, 0) is 20.3 Å². The van der Waals surface area contributed by atoms with Crippen LogP contribution in [0.25, 0.3) is 0 Å². The Morgan fingerprint density at radius 3 is 2.77 bits per heavy atom. The van der Waals surface area contributed by atoms with E-state index in [2.05, 4.69) is 15.2 Å². The molecule has 1 N–H and O–H groups in total. The summed E-state index contributed by atoms with van der Waals surface area (Å²) >= 11 is 0. The Kier molecular flexibility index (Phi) is 2.63. The topological polar surface area (TPSA) is 58.6 Å². The molecule has 1 aromatic heterocycles. The van der Waals surface area contributed by atoms with Gasteiger partial charge in [-0.15, -0.1) is 0 Å². The van der Waals surface area contributed by atoms with Crippen LogP contribution in [0, 0.1) is 0 Å². The summed E-state index contributed by atoms with van der Waals surface area (Å²) in [5.74, 6) is 2.66. The third-order valence-electron chi connectivity index (χ3n) is 2.24. The molecule has 0 amide bonds. The molecule has 0 atom stereocenters. The zero-order chi connectivity index (χ0) is 9.90. The predicted molar refractivity (Wildman–Crippen MR) is 48.9 cm³/mol. The molecule has 0 aliphatic heterocycles. The highest BCUT2D eigenvalue weighted by Crippen LogP contribution is 2.28. The summed E-state index contributed by atoms with van der Waals surface area (Å²) in [7, 11) is 0. The van der Waals surface area contributed by atoms with Gasteiger partial charge in [-0.25, -0.2) is 9.78 Å². The zero-order valence-electron chi connectivity index (χ0n) is 8.09. The van der Waals surface area contributed by atoms with Gasteiger partial charge in [0.2, 0.25) is 0 Å². The fraction of sp³-hybridized carbons (Fsp3) is 0.556. The molecule has 13 heavy (non-hydrogen) atoms. The Morgan fingerprint density at radius 1 is 1.69 bits per heavy atom. The number of hydrogen-bond acceptors (Lipinski definition) is 3. The van der Waals surface area contributed by atoms with Crippen molar-refractivity contribution in [2.24, 2.45) is 0 Å². The van der Waals surface area contributed by atoms with Crippen LogP contribution in [-0.4, -0.2) is 21.1 Å². The maximum absolute atomic E-state index is 10.7. The SMILES string of the molecule is CCC(=C=O)C(C)(C)c1ncn[nH]1. The molecule has 1 aromatic rings. The molecule has 0 bridgehead atoms. The lowest BCUT2D eigenvalue weighted by atomic mass is 9.83. The molecular formula is C9H13N3O. The molecule has 70 valence electrons. The molecule has 0 aliphatic carbocycles. The van der Waals surface area contributed by atoms with Crippen LogP contribution in [0.2, 0.25) is 0 Å². The molecule has 0 spiro atoms. The third-order valence-corrected chi connectivity index (χ3v) is 2.24. The second-order valence-electron chi connectivity index (χ2n) is 3.39. The molecule has 0 unspecified atom stereocenters. The standard InChI is InChI=1S/C9H13N3O/c1-4-7(5-13)9(2,3)8-10-6-11-12-8/h6H,4H2,1-3H3,(H,10,11,12). The number of hydrogen-bond donors (Lipinski definition) is 1. The highest BCUT2D eigenvalue weighted by molar-refractivity contribution is 5.57. The first-order valence-electron chi connectivity index (χ1n) is 4.23. The van der Waals surface area contributed by atoms with E-state index in [0.29, 0.717) is 17.8 Å². The average molecular weight is 179 g/mol. The third kappa shape index (κ3) is 1.68. The Bertz CT molecular complexity index is 321. The first kappa shape index (κ1) is 9.68.